The van der Waals surface area contributed by atoms with E-state index in [4.69, 9.17) is 4.74 Å². The molecule has 1 aliphatic heterocycles. The Balaban J connectivity index is 2.01. The van der Waals surface area contributed by atoms with E-state index in [0.717, 1.165) is 33.1 Å². The number of unbranched alkanes of at least 4 members (excludes halogenated alkanes) is 1. The number of nitrogens with zero attached hydrogens (tertiary/aromatic N) is 2. The second kappa shape index (κ2) is 10.2. The van der Waals surface area contributed by atoms with Gasteiger partial charge in [-0.15, -0.1) is 0 Å². The predicted octanol–water partition coefficient (Wildman–Crippen LogP) is 3.54. The van der Waals surface area contributed by atoms with E-state index in [1.807, 2.05) is 26.8 Å². The molecule has 0 saturated heterocycles. The zero-order chi connectivity index (χ0) is 24.2. The number of carbonyl (C=O) groups is 2. The Hall–Kier alpha value is -3.07. The summed E-state index contributed by atoms with van der Waals surface area (Å²) < 4.78 is 33.7. The van der Waals surface area contributed by atoms with Crippen molar-refractivity contribution >= 4 is 33.4 Å². The second-order valence-corrected chi connectivity index (χ2v) is 10.0. The van der Waals surface area contributed by atoms with Gasteiger partial charge in [0.15, 0.2) is 0 Å². The summed E-state index contributed by atoms with van der Waals surface area (Å²) in [6.45, 7) is 5.96. The van der Waals surface area contributed by atoms with Crippen LogP contribution >= 0.6 is 0 Å². The van der Waals surface area contributed by atoms with Crippen LogP contribution in [0.1, 0.15) is 36.5 Å². The number of anilines is 2. The summed E-state index contributed by atoms with van der Waals surface area (Å²) in [7, 11) is -2.47. The summed E-state index contributed by atoms with van der Waals surface area (Å²) in [4.78, 5) is 26.4. The van der Waals surface area contributed by atoms with Crippen molar-refractivity contribution in [3.8, 4) is 0 Å². The van der Waals surface area contributed by atoms with Crippen LogP contribution in [0.5, 0.6) is 0 Å². The van der Waals surface area contributed by atoms with Gasteiger partial charge >= 0.3 is 12.0 Å². The third-order valence-electron chi connectivity index (χ3n) is 5.52. The molecule has 0 unspecified atom stereocenters. The number of benzene rings is 2. The topological polar surface area (TPSA) is 96.0 Å². The fourth-order valence-corrected chi connectivity index (χ4v) is 5.50. The van der Waals surface area contributed by atoms with E-state index >= 15 is 0 Å². The number of fused-ring (bicyclic) bond motifs is 1. The standard InChI is InChI=1S/C24H31N3O5S/c1-5-6-11-32-23(28)16-27(33(30,31)21-13-17(2)12-18(3)14-21)20-7-8-22-19(15-20)9-10-26(22)24(29)25-4/h7-8,12-15H,5-6,9-11,16H2,1-4H3,(H,25,29). The van der Waals surface area contributed by atoms with Crippen LogP contribution in [0.4, 0.5) is 16.2 Å². The summed E-state index contributed by atoms with van der Waals surface area (Å²) in [6, 6.07) is 9.94. The number of rotatable bonds is 8. The van der Waals surface area contributed by atoms with Crippen molar-refractivity contribution in [1.82, 2.24) is 5.32 Å². The number of hydrogen-bond donors (Lipinski definition) is 1. The lowest BCUT2D eigenvalue weighted by Crippen LogP contribution is -2.37. The molecule has 0 atom stereocenters. The van der Waals surface area contributed by atoms with E-state index in [9.17, 15) is 18.0 Å². The fraction of sp³-hybridized carbons (Fsp3) is 0.417. The van der Waals surface area contributed by atoms with E-state index in [-0.39, 0.29) is 17.5 Å². The minimum absolute atomic E-state index is 0.119. The number of aryl methyl sites for hydroxylation is 2. The highest BCUT2D eigenvalue weighted by molar-refractivity contribution is 7.92. The van der Waals surface area contributed by atoms with Crippen LogP contribution in [0, 0.1) is 13.8 Å². The predicted molar refractivity (Wildman–Crippen MR) is 128 cm³/mol. The van der Waals surface area contributed by atoms with Crippen molar-refractivity contribution in [3.63, 3.8) is 0 Å². The summed E-state index contributed by atoms with van der Waals surface area (Å²) in [6.07, 6.45) is 2.17. The van der Waals surface area contributed by atoms with Gasteiger partial charge in [0.1, 0.15) is 6.54 Å². The Morgan fingerprint density at radius 2 is 1.82 bits per heavy atom. The highest BCUT2D eigenvalue weighted by Crippen LogP contribution is 2.34. The quantitative estimate of drug-likeness (QED) is 0.467. The molecule has 0 saturated carbocycles. The first-order valence-corrected chi connectivity index (χ1v) is 12.5. The normalized spacial score (nSPS) is 12.9. The van der Waals surface area contributed by atoms with Crippen molar-refractivity contribution in [2.75, 3.05) is 35.9 Å². The third-order valence-corrected chi connectivity index (χ3v) is 7.27. The first kappa shape index (κ1) is 24.6. The third kappa shape index (κ3) is 5.47. The van der Waals surface area contributed by atoms with Crippen molar-refractivity contribution in [3.05, 3.63) is 53.1 Å². The minimum Gasteiger partial charge on any atom is -0.464 e. The number of ether oxygens (including phenoxy) is 1. The summed E-state index contributed by atoms with van der Waals surface area (Å²) in [5, 5.41) is 2.61. The number of esters is 1. The number of nitrogens with one attached hydrogen (secondary N) is 1. The Bertz CT molecular complexity index is 1130. The zero-order valence-electron chi connectivity index (χ0n) is 19.6. The molecule has 2 amide bonds. The van der Waals surface area contributed by atoms with Gasteiger partial charge in [0.05, 0.1) is 17.2 Å². The molecule has 2 aromatic rings. The molecule has 0 aliphatic carbocycles. The Morgan fingerprint density at radius 1 is 1.12 bits per heavy atom. The Kier molecular flexibility index (Phi) is 7.63. The maximum Gasteiger partial charge on any atom is 0.326 e. The molecule has 0 fully saturated rings. The lowest BCUT2D eigenvalue weighted by Gasteiger charge is -2.25. The molecular formula is C24H31N3O5S. The number of carbonyl (C=O) groups excluding carboxylic acids is 2. The van der Waals surface area contributed by atoms with E-state index in [2.05, 4.69) is 5.32 Å². The molecule has 0 radical (unpaired) electrons. The lowest BCUT2D eigenvalue weighted by atomic mass is 10.1. The number of hydrogen-bond acceptors (Lipinski definition) is 5. The van der Waals surface area contributed by atoms with Gasteiger partial charge < -0.3 is 10.1 Å². The van der Waals surface area contributed by atoms with Gasteiger partial charge in [0.25, 0.3) is 10.0 Å². The van der Waals surface area contributed by atoms with Crippen LogP contribution in [0.3, 0.4) is 0 Å². The van der Waals surface area contributed by atoms with Gasteiger partial charge in [-0.2, -0.15) is 0 Å². The van der Waals surface area contributed by atoms with Gasteiger partial charge in [0, 0.05) is 19.3 Å². The summed E-state index contributed by atoms with van der Waals surface area (Å²) in [5.41, 5.74) is 3.56. The molecule has 9 heteroatoms. The van der Waals surface area contributed by atoms with E-state index in [0.29, 0.717) is 25.1 Å². The van der Waals surface area contributed by atoms with Gasteiger partial charge in [-0.25, -0.2) is 13.2 Å². The maximum atomic E-state index is 13.7. The molecule has 3 rings (SSSR count). The van der Waals surface area contributed by atoms with Crippen LogP contribution in [-0.4, -0.2) is 47.2 Å². The second-order valence-electron chi connectivity index (χ2n) is 8.18. The van der Waals surface area contributed by atoms with Gasteiger partial charge in [-0.3, -0.25) is 14.0 Å². The van der Waals surface area contributed by atoms with Gasteiger partial charge in [-0.1, -0.05) is 19.4 Å². The zero-order valence-corrected chi connectivity index (χ0v) is 20.4. The first-order chi connectivity index (χ1) is 15.7. The summed E-state index contributed by atoms with van der Waals surface area (Å²) >= 11 is 0. The van der Waals surface area contributed by atoms with Crippen LogP contribution in [0.2, 0.25) is 0 Å². The summed E-state index contributed by atoms with van der Waals surface area (Å²) in [5.74, 6) is -0.608. The molecule has 1 heterocycles. The maximum absolute atomic E-state index is 13.7. The molecule has 0 bridgehead atoms. The number of urea groups is 1. The average Bonchev–Trinajstić information content (AvgIpc) is 3.19. The van der Waals surface area contributed by atoms with Crippen LogP contribution < -0.4 is 14.5 Å². The average molecular weight is 474 g/mol. The number of amides is 2. The largest absolute Gasteiger partial charge is 0.464 e. The van der Waals surface area contributed by atoms with Crippen molar-refractivity contribution in [1.29, 1.82) is 0 Å². The van der Waals surface area contributed by atoms with Crippen LogP contribution in [0.15, 0.2) is 41.3 Å². The highest BCUT2D eigenvalue weighted by atomic mass is 32.2. The first-order valence-electron chi connectivity index (χ1n) is 11.1. The van der Waals surface area contributed by atoms with Crippen LogP contribution in [0.25, 0.3) is 0 Å². The van der Waals surface area contributed by atoms with E-state index in [1.165, 1.54) is 0 Å². The van der Waals surface area contributed by atoms with Crippen molar-refractivity contribution in [2.45, 2.75) is 44.9 Å². The van der Waals surface area contributed by atoms with E-state index in [1.54, 1.807) is 42.3 Å². The van der Waals surface area contributed by atoms with Gasteiger partial charge in [0.2, 0.25) is 0 Å². The Labute approximate surface area is 195 Å². The molecule has 2 aromatic carbocycles. The molecule has 8 nitrogen and oxygen atoms in total. The monoisotopic (exact) mass is 473 g/mol. The highest BCUT2D eigenvalue weighted by Gasteiger charge is 2.31. The molecule has 0 spiro atoms. The molecule has 0 aromatic heterocycles. The number of sulfonamides is 1. The smallest absolute Gasteiger partial charge is 0.326 e. The fourth-order valence-electron chi connectivity index (χ4n) is 3.91. The SMILES string of the molecule is CCCCOC(=O)CN(c1ccc2c(c1)CCN2C(=O)NC)S(=O)(=O)c1cc(C)cc(C)c1. The molecule has 1 aliphatic rings. The van der Waals surface area contributed by atoms with Crippen molar-refractivity contribution < 1.29 is 22.7 Å². The van der Waals surface area contributed by atoms with E-state index < -0.39 is 22.5 Å². The van der Waals surface area contributed by atoms with Gasteiger partial charge in [-0.05, 0) is 73.7 Å². The molecule has 33 heavy (non-hydrogen) atoms. The Morgan fingerprint density at radius 3 is 2.45 bits per heavy atom. The lowest BCUT2D eigenvalue weighted by molar-refractivity contribution is -0.141. The molecular weight excluding hydrogens is 442 g/mol. The van der Waals surface area contributed by atoms with Crippen molar-refractivity contribution in [2.24, 2.45) is 0 Å². The molecule has 1 N–H and O–H groups in total. The minimum atomic E-state index is -4.04. The molecule has 178 valence electrons. The van der Waals surface area contributed by atoms with Crippen LogP contribution in [-0.2, 0) is 26.0 Å².